The summed E-state index contributed by atoms with van der Waals surface area (Å²) in [5.74, 6) is -0.0876. The van der Waals surface area contributed by atoms with Crippen molar-refractivity contribution in [3.8, 4) is 0 Å². The molecule has 0 aromatic heterocycles. The number of rotatable bonds is 4. The Bertz CT molecular complexity index is 626. The minimum absolute atomic E-state index is 0.0435. The van der Waals surface area contributed by atoms with Gasteiger partial charge in [0.1, 0.15) is 0 Å². The van der Waals surface area contributed by atoms with Crippen molar-refractivity contribution in [3.05, 3.63) is 29.8 Å². The largest absolute Gasteiger partial charge is 0.334 e. The van der Waals surface area contributed by atoms with Crippen LogP contribution in [0.2, 0.25) is 0 Å². The molecule has 122 valence electrons. The van der Waals surface area contributed by atoms with Crippen LogP contribution in [-0.2, 0) is 10.0 Å². The van der Waals surface area contributed by atoms with Gasteiger partial charge in [-0.05, 0) is 57.5 Å². The van der Waals surface area contributed by atoms with Gasteiger partial charge in [0.2, 0.25) is 10.0 Å². The van der Waals surface area contributed by atoms with Crippen LogP contribution in [0.3, 0.4) is 0 Å². The van der Waals surface area contributed by atoms with Gasteiger partial charge in [-0.15, -0.1) is 0 Å². The standard InChI is InChI=1S/C15H23N3O3S/c1-11(16)14-5-3-4-10-18(14)15(19)12-6-8-13(9-7-12)22(20,21)17-2/h6-9,11,14,17H,3-5,10,16H2,1-2H3. The zero-order valence-corrected chi connectivity index (χ0v) is 13.8. The number of carbonyl (C=O) groups is 1. The third kappa shape index (κ3) is 3.48. The molecule has 0 radical (unpaired) electrons. The number of sulfonamides is 1. The molecule has 2 unspecified atom stereocenters. The van der Waals surface area contributed by atoms with E-state index in [-0.39, 0.29) is 22.9 Å². The molecule has 1 aliphatic heterocycles. The van der Waals surface area contributed by atoms with E-state index in [0.717, 1.165) is 19.3 Å². The van der Waals surface area contributed by atoms with Gasteiger partial charge in [0.25, 0.3) is 5.91 Å². The summed E-state index contributed by atoms with van der Waals surface area (Å²) < 4.78 is 25.7. The highest BCUT2D eigenvalue weighted by atomic mass is 32.2. The summed E-state index contributed by atoms with van der Waals surface area (Å²) in [5.41, 5.74) is 6.48. The normalized spacial score (nSPS) is 20.7. The van der Waals surface area contributed by atoms with Crippen molar-refractivity contribution in [2.24, 2.45) is 5.73 Å². The van der Waals surface area contributed by atoms with E-state index < -0.39 is 10.0 Å². The summed E-state index contributed by atoms with van der Waals surface area (Å²) in [6, 6.07) is 5.97. The van der Waals surface area contributed by atoms with Gasteiger partial charge >= 0.3 is 0 Å². The third-order valence-corrected chi connectivity index (χ3v) is 5.53. The van der Waals surface area contributed by atoms with Gasteiger partial charge in [-0.25, -0.2) is 13.1 Å². The van der Waals surface area contributed by atoms with Crippen LogP contribution in [0.5, 0.6) is 0 Å². The lowest BCUT2D eigenvalue weighted by Gasteiger charge is -2.38. The number of nitrogens with one attached hydrogen (secondary N) is 1. The van der Waals surface area contributed by atoms with Crippen LogP contribution in [0.25, 0.3) is 0 Å². The summed E-state index contributed by atoms with van der Waals surface area (Å²) in [6.07, 6.45) is 2.96. The van der Waals surface area contributed by atoms with E-state index in [1.807, 2.05) is 11.8 Å². The zero-order valence-electron chi connectivity index (χ0n) is 13.0. The maximum Gasteiger partial charge on any atom is 0.254 e. The number of hydrogen-bond donors (Lipinski definition) is 2. The smallest absolute Gasteiger partial charge is 0.254 e. The lowest BCUT2D eigenvalue weighted by Crippen LogP contribution is -2.51. The first-order chi connectivity index (χ1) is 10.4. The van der Waals surface area contributed by atoms with Crippen molar-refractivity contribution >= 4 is 15.9 Å². The van der Waals surface area contributed by atoms with Crippen molar-refractivity contribution in [1.82, 2.24) is 9.62 Å². The van der Waals surface area contributed by atoms with E-state index in [4.69, 9.17) is 5.73 Å². The SMILES string of the molecule is CNS(=O)(=O)c1ccc(C(=O)N2CCCCC2C(C)N)cc1. The molecule has 3 N–H and O–H groups in total. The predicted octanol–water partition coefficient (Wildman–Crippen LogP) is 0.937. The van der Waals surface area contributed by atoms with Crippen molar-refractivity contribution in [3.63, 3.8) is 0 Å². The van der Waals surface area contributed by atoms with Crippen molar-refractivity contribution in [2.75, 3.05) is 13.6 Å². The molecule has 0 bridgehead atoms. The Labute approximate surface area is 131 Å². The van der Waals surface area contributed by atoms with E-state index >= 15 is 0 Å². The minimum atomic E-state index is -3.48. The number of nitrogens with two attached hydrogens (primary N) is 1. The van der Waals surface area contributed by atoms with Crippen molar-refractivity contribution in [1.29, 1.82) is 0 Å². The fraction of sp³-hybridized carbons (Fsp3) is 0.533. The summed E-state index contributed by atoms with van der Waals surface area (Å²) in [5, 5.41) is 0. The average molecular weight is 325 g/mol. The molecule has 0 aliphatic carbocycles. The molecule has 1 aliphatic rings. The van der Waals surface area contributed by atoms with E-state index in [1.165, 1.54) is 19.2 Å². The molecule has 0 spiro atoms. The Morgan fingerprint density at radius 1 is 1.32 bits per heavy atom. The molecule has 6 nitrogen and oxygen atoms in total. The first-order valence-corrected chi connectivity index (χ1v) is 8.95. The molecule has 1 amide bonds. The maximum atomic E-state index is 12.7. The lowest BCUT2D eigenvalue weighted by atomic mass is 9.96. The molecule has 7 heteroatoms. The second-order valence-electron chi connectivity index (χ2n) is 5.65. The molecular weight excluding hydrogens is 302 g/mol. The average Bonchev–Trinajstić information content (AvgIpc) is 2.54. The van der Waals surface area contributed by atoms with Gasteiger partial charge in [0, 0.05) is 24.2 Å². The number of piperidine rings is 1. The highest BCUT2D eigenvalue weighted by Crippen LogP contribution is 2.22. The van der Waals surface area contributed by atoms with Crippen LogP contribution in [-0.4, -0.2) is 44.9 Å². The summed E-state index contributed by atoms with van der Waals surface area (Å²) in [6.45, 7) is 2.61. The Hall–Kier alpha value is -1.44. The Balaban J connectivity index is 2.22. The summed E-state index contributed by atoms with van der Waals surface area (Å²) in [7, 11) is -2.13. The second-order valence-corrected chi connectivity index (χ2v) is 7.54. The molecule has 2 atom stereocenters. The maximum absolute atomic E-state index is 12.7. The molecule has 1 fully saturated rings. The number of likely N-dealkylation sites (tertiary alicyclic amines) is 1. The molecular formula is C15H23N3O3S. The van der Waals surface area contributed by atoms with Gasteiger partial charge in [-0.1, -0.05) is 0 Å². The van der Waals surface area contributed by atoms with Gasteiger partial charge in [-0.2, -0.15) is 0 Å². The number of benzene rings is 1. The predicted molar refractivity (Wildman–Crippen MR) is 85.0 cm³/mol. The molecule has 1 heterocycles. The number of amides is 1. The highest BCUT2D eigenvalue weighted by molar-refractivity contribution is 7.89. The van der Waals surface area contributed by atoms with E-state index in [0.29, 0.717) is 12.1 Å². The second kappa shape index (κ2) is 6.76. The van der Waals surface area contributed by atoms with Gasteiger partial charge in [0.15, 0.2) is 0 Å². The van der Waals surface area contributed by atoms with E-state index in [2.05, 4.69) is 4.72 Å². The molecule has 22 heavy (non-hydrogen) atoms. The fourth-order valence-electron chi connectivity index (χ4n) is 2.82. The molecule has 2 rings (SSSR count). The molecule has 1 saturated heterocycles. The van der Waals surface area contributed by atoms with Gasteiger partial charge < -0.3 is 10.6 Å². The van der Waals surface area contributed by atoms with E-state index in [9.17, 15) is 13.2 Å². The fourth-order valence-corrected chi connectivity index (χ4v) is 3.55. The number of hydrogen-bond acceptors (Lipinski definition) is 4. The van der Waals surface area contributed by atoms with Crippen LogP contribution in [0.1, 0.15) is 36.5 Å². The lowest BCUT2D eigenvalue weighted by molar-refractivity contribution is 0.0583. The van der Waals surface area contributed by atoms with Gasteiger partial charge in [0.05, 0.1) is 4.90 Å². The third-order valence-electron chi connectivity index (χ3n) is 4.10. The van der Waals surface area contributed by atoms with Crippen LogP contribution in [0.15, 0.2) is 29.2 Å². The monoisotopic (exact) mass is 325 g/mol. The topological polar surface area (TPSA) is 92.5 Å². The first-order valence-electron chi connectivity index (χ1n) is 7.47. The Morgan fingerprint density at radius 3 is 2.50 bits per heavy atom. The highest BCUT2D eigenvalue weighted by Gasteiger charge is 2.29. The van der Waals surface area contributed by atoms with Crippen LogP contribution in [0.4, 0.5) is 0 Å². The Morgan fingerprint density at radius 2 is 1.95 bits per heavy atom. The first kappa shape index (κ1) is 16.9. The molecule has 0 saturated carbocycles. The number of nitrogens with zero attached hydrogens (tertiary/aromatic N) is 1. The Kier molecular flexibility index (Phi) is 5.20. The van der Waals surface area contributed by atoms with E-state index in [1.54, 1.807) is 12.1 Å². The minimum Gasteiger partial charge on any atom is -0.334 e. The number of carbonyl (C=O) groups excluding carboxylic acids is 1. The molecule has 1 aromatic rings. The van der Waals surface area contributed by atoms with Crippen molar-refractivity contribution < 1.29 is 13.2 Å². The van der Waals surface area contributed by atoms with Crippen LogP contribution >= 0.6 is 0 Å². The van der Waals surface area contributed by atoms with Crippen LogP contribution in [0, 0.1) is 0 Å². The van der Waals surface area contributed by atoms with Crippen LogP contribution < -0.4 is 10.5 Å². The van der Waals surface area contributed by atoms with Gasteiger partial charge in [-0.3, -0.25) is 4.79 Å². The summed E-state index contributed by atoms with van der Waals surface area (Å²) in [4.78, 5) is 14.6. The quantitative estimate of drug-likeness (QED) is 0.861. The van der Waals surface area contributed by atoms with Crippen molar-refractivity contribution in [2.45, 2.75) is 43.2 Å². The summed E-state index contributed by atoms with van der Waals surface area (Å²) >= 11 is 0. The zero-order chi connectivity index (χ0) is 16.3. The molecule has 1 aromatic carbocycles.